The van der Waals surface area contributed by atoms with Crippen molar-refractivity contribution in [1.29, 1.82) is 0 Å². The van der Waals surface area contributed by atoms with E-state index in [0.29, 0.717) is 24.2 Å². The molecule has 11 heteroatoms. The molecule has 39 heavy (non-hydrogen) atoms. The lowest BCUT2D eigenvalue weighted by Gasteiger charge is -2.28. The van der Waals surface area contributed by atoms with Gasteiger partial charge in [0.05, 0.1) is 16.8 Å². The fraction of sp³-hybridized carbons (Fsp3) is 0.393. The number of aryl methyl sites for hydroxylation is 2. The zero-order valence-corrected chi connectivity index (χ0v) is 24.2. The lowest BCUT2D eigenvalue weighted by atomic mass is 9.82. The number of hydrogen-bond donors (Lipinski definition) is 2. The predicted octanol–water partition coefficient (Wildman–Crippen LogP) is 5.51. The molecule has 1 aliphatic rings. The van der Waals surface area contributed by atoms with E-state index in [9.17, 15) is 8.42 Å². The highest BCUT2D eigenvalue weighted by Gasteiger charge is 2.26. The Hall–Kier alpha value is -3.37. The Morgan fingerprint density at radius 1 is 1.05 bits per heavy atom. The third-order valence-corrected chi connectivity index (χ3v) is 8.38. The van der Waals surface area contributed by atoms with E-state index in [1.54, 1.807) is 6.20 Å². The van der Waals surface area contributed by atoms with E-state index in [1.807, 2.05) is 49.0 Å². The Kier molecular flexibility index (Phi) is 8.66. The number of rotatable bonds is 8. The van der Waals surface area contributed by atoms with E-state index in [-0.39, 0.29) is 18.2 Å². The summed E-state index contributed by atoms with van der Waals surface area (Å²) in [5, 5.41) is 3.27. The average molecular weight is 570 g/mol. The number of hydrogen-bond acceptors (Lipinski definition) is 8. The molecule has 1 saturated carbocycles. The fourth-order valence-corrected chi connectivity index (χ4v) is 5.89. The van der Waals surface area contributed by atoms with Gasteiger partial charge < -0.3 is 20.5 Å². The molecule has 0 bridgehead atoms. The summed E-state index contributed by atoms with van der Waals surface area (Å²) in [5.41, 5.74) is 12.4. The third-order valence-electron chi connectivity index (χ3n) is 7.44. The molecule has 9 nitrogen and oxygen atoms in total. The number of sulfone groups is 1. The molecule has 0 amide bonds. The van der Waals surface area contributed by atoms with Crippen LogP contribution >= 0.6 is 12.4 Å². The first-order chi connectivity index (χ1) is 18.2. The Balaban J connectivity index is 0.00000353. The third kappa shape index (κ3) is 6.45. The van der Waals surface area contributed by atoms with Crippen LogP contribution < -0.4 is 16.0 Å². The number of imidazole rings is 1. The summed E-state index contributed by atoms with van der Waals surface area (Å²) in [7, 11) is 0.996. The van der Waals surface area contributed by atoms with Gasteiger partial charge in [0.25, 0.3) is 0 Å². The van der Waals surface area contributed by atoms with Crippen molar-refractivity contribution in [2.24, 2.45) is 7.05 Å². The van der Waals surface area contributed by atoms with Gasteiger partial charge in [-0.25, -0.2) is 18.4 Å². The maximum absolute atomic E-state index is 11.5. The molecular formula is C28H36ClN7O2S. The number of nitrogens with one attached hydrogen (secondary N) is 1. The van der Waals surface area contributed by atoms with Crippen molar-refractivity contribution in [3.8, 4) is 0 Å². The molecule has 1 fully saturated rings. The van der Waals surface area contributed by atoms with Gasteiger partial charge in [0.2, 0.25) is 11.9 Å². The van der Waals surface area contributed by atoms with E-state index in [0.717, 1.165) is 46.6 Å². The largest absolute Gasteiger partial charge is 0.369 e. The molecule has 2 aromatic carbocycles. The minimum Gasteiger partial charge on any atom is -0.369 e. The molecule has 0 unspecified atom stereocenters. The van der Waals surface area contributed by atoms with Gasteiger partial charge in [0, 0.05) is 43.5 Å². The molecule has 2 aromatic heterocycles. The van der Waals surface area contributed by atoms with Crippen LogP contribution in [-0.2, 0) is 23.3 Å². The van der Waals surface area contributed by atoms with Crippen LogP contribution in [0.25, 0.3) is 11.0 Å². The van der Waals surface area contributed by atoms with E-state index >= 15 is 0 Å². The fourth-order valence-electron chi connectivity index (χ4n) is 5.28. The first-order valence-electron chi connectivity index (χ1n) is 13.0. The normalized spacial score (nSPS) is 14.2. The van der Waals surface area contributed by atoms with E-state index in [4.69, 9.17) is 15.7 Å². The van der Waals surface area contributed by atoms with Gasteiger partial charge in [-0.3, -0.25) is 0 Å². The summed E-state index contributed by atoms with van der Waals surface area (Å²) in [5.74, 6) is 2.34. The van der Waals surface area contributed by atoms with E-state index in [2.05, 4.69) is 27.3 Å². The van der Waals surface area contributed by atoms with Crippen molar-refractivity contribution in [1.82, 2.24) is 19.5 Å². The van der Waals surface area contributed by atoms with Gasteiger partial charge in [-0.1, -0.05) is 31.4 Å². The summed E-state index contributed by atoms with van der Waals surface area (Å²) in [6.45, 7) is 0. The van der Waals surface area contributed by atoms with Crippen LogP contribution in [0, 0.1) is 0 Å². The Morgan fingerprint density at radius 2 is 1.77 bits per heavy atom. The highest BCUT2D eigenvalue weighted by Crippen LogP contribution is 2.43. The van der Waals surface area contributed by atoms with Crippen molar-refractivity contribution < 1.29 is 8.42 Å². The zero-order valence-electron chi connectivity index (χ0n) is 22.6. The SMILES string of the molecule is CN(c1ccnc(Nc2ccc(CCS(C)(=O)=O)cc2)n1)c1ccc2c(nc(N)n2C)c1C1CCCCC1.Cl. The molecule has 208 valence electrons. The minimum atomic E-state index is -2.99. The van der Waals surface area contributed by atoms with Crippen molar-refractivity contribution in [2.75, 3.05) is 35.0 Å². The van der Waals surface area contributed by atoms with Crippen molar-refractivity contribution in [3.05, 3.63) is 59.8 Å². The van der Waals surface area contributed by atoms with Crippen molar-refractivity contribution in [2.45, 2.75) is 44.4 Å². The van der Waals surface area contributed by atoms with Crippen LogP contribution in [0.1, 0.15) is 49.1 Å². The first kappa shape index (κ1) is 28.6. The van der Waals surface area contributed by atoms with Crippen LogP contribution in [0.4, 0.5) is 29.1 Å². The standard InChI is InChI=1S/C28H35N7O2S.ClH/c1-34(22-13-14-23-26(33-27(29)35(23)2)25(22)20-7-5-4-6-8-20)24-15-17-30-28(32-24)31-21-11-9-19(10-12-21)16-18-38(3,36)37;/h9-15,17,20H,4-8,16,18H2,1-3H3,(H2,29,33)(H,30,31,32);1H. The predicted molar refractivity (Wildman–Crippen MR) is 161 cm³/mol. The Morgan fingerprint density at radius 3 is 2.46 bits per heavy atom. The van der Waals surface area contributed by atoms with E-state index < -0.39 is 9.84 Å². The maximum Gasteiger partial charge on any atom is 0.229 e. The van der Waals surface area contributed by atoms with Crippen LogP contribution in [0.5, 0.6) is 0 Å². The lowest BCUT2D eigenvalue weighted by molar-refractivity contribution is 0.445. The second-order valence-electron chi connectivity index (χ2n) is 10.2. The molecular weight excluding hydrogens is 534 g/mol. The molecule has 5 rings (SSSR count). The minimum absolute atomic E-state index is 0. The van der Waals surface area contributed by atoms with Gasteiger partial charge in [-0.15, -0.1) is 12.4 Å². The summed E-state index contributed by atoms with van der Waals surface area (Å²) < 4.78 is 24.8. The number of nitrogens with zero attached hydrogens (tertiary/aromatic N) is 5. The Bertz CT molecular complexity index is 1550. The number of nitrogen functional groups attached to an aromatic ring is 1. The quantitative estimate of drug-likeness (QED) is 0.285. The molecule has 0 atom stereocenters. The molecule has 0 radical (unpaired) electrons. The van der Waals surface area contributed by atoms with Gasteiger partial charge in [-0.05, 0) is 61.1 Å². The number of benzene rings is 2. The molecule has 1 aliphatic carbocycles. The summed E-state index contributed by atoms with van der Waals surface area (Å²) >= 11 is 0. The van der Waals surface area contributed by atoms with E-state index in [1.165, 1.54) is 31.1 Å². The first-order valence-corrected chi connectivity index (χ1v) is 15.1. The maximum atomic E-state index is 11.5. The number of nitrogens with two attached hydrogens (primary N) is 1. The van der Waals surface area contributed by atoms with Crippen LogP contribution in [0.15, 0.2) is 48.7 Å². The van der Waals surface area contributed by atoms with Gasteiger partial charge >= 0.3 is 0 Å². The van der Waals surface area contributed by atoms with Gasteiger partial charge in [0.15, 0.2) is 0 Å². The van der Waals surface area contributed by atoms with Crippen molar-refractivity contribution in [3.63, 3.8) is 0 Å². The molecule has 0 spiro atoms. The number of aromatic nitrogens is 4. The second-order valence-corrected chi connectivity index (χ2v) is 12.5. The monoisotopic (exact) mass is 569 g/mol. The molecule has 0 aliphatic heterocycles. The van der Waals surface area contributed by atoms with Crippen LogP contribution in [0.3, 0.4) is 0 Å². The van der Waals surface area contributed by atoms with Crippen molar-refractivity contribution >= 4 is 62.4 Å². The van der Waals surface area contributed by atoms with Gasteiger partial charge in [-0.2, -0.15) is 4.98 Å². The topological polar surface area (TPSA) is 119 Å². The van der Waals surface area contributed by atoms with Gasteiger partial charge in [0.1, 0.15) is 15.7 Å². The number of anilines is 5. The summed E-state index contributed by atoms with van der Waals surface area (Å²) in [6, 6.07) is 13.8. The summed E-state index contributed by atoms with van der Waals surface area (Å²) in [6.07, 6.45) is 9.52. The van der Waals surface area contributed by atoms with Crippen LogP contribution in [-0.4, -0.2) is 47.0 Å². The van der Waals surface area contributed by atoms with Crippen LogP contribution in [0.2, 0.25) is 0 Å². The lowest BCUT2D eigenvalue weighted by Crippen LogP contribution is -2.17. The molecule has 2 heterocycles. The molecule has 3 N–H and O–H groups in total. The Labute approximate surface area is 236 Å². The smallest absolute Gasteiger partial charge is 0.229 e. The average Bonchev–Trinajstić information content (AvgIpc) is 3.20. The molecule has 4 aromatic rings. The highest BCUT2D eigenvalue weighted by atomic mass is 35.5. The zero-order chi connectivity index (χ0) is 26.9. The molecule has 0 saturated heterocycles. The highest BCUT2D eigenvalue weighted by molar-refractivity contribution is 7.90. The summed E-state index contributed by atoms with van der Waals surface area (Å²) in [4.78, 5) is 16.1. The second kappa shape index (κ2) is 11.8. The number of halogens is 1. The number of fused-ring (bicyclic) bond motifs is 1.